The molecule has 0 spiro atoms. The van der Waals surface area contributed by atoms with Crippen molar-refractivity contribution in [2.45, 2.75) is 20.4 Å². The highest BCUT2D eigenvalue weighted by molar-refractivity contribution is 6.42. The molecule has 1 heterocycles. The molecule has 10 heteroatoms. The van der Waals surface area contributed by atoms with E-state index in [0.717, 1.165) is 44.8 Å². The molecule has 2 amide bonds. The van der Waals surface area contributed by atoms with E-state index >= 15 is 0 Å². The van der Waals surface area contributed by atoms with E-state index in [9.17, 15) is 9.59 Å². The van der Waals surface area contributed by atoms with Crippen LogP contribution in [0.4, 0.5) is 0 Å². The lowest BCUT2D eigenvalue weighted by Gasteiger charge is -2.35. The molecule has 0 aliphatic carbocycles. The first-order chi connectivity index (χ1) is 17.7. The average molecular weight is 570 g/mol. The summed E-state index contributed by atoms with van der Waals surface area (Å²) in [5.41, 5.74) is 1.54. The van der Waals surface area contributed by atoms with Crippen molar-refractivity contribution in [2.75, 3.05) is 66.0 Å². The molecule has 3 rings (SSSR count). The molecule has 1 aliphatic rings. The Balaban J connectivity index is 1.50. The van der Waals surface area contributed by atoms with Gasteiger partial charge in [0.2, 0.25) is 0 Å². The number of nitrogens with zero attached hydrogens (tertiary/aromatic N) is 4. The van der Waals surface area contributed by atoms with Gasteiger partial charge in [-0.3, -0.25) is 19.4 Å². The van der Waals surface area contributed by atoms with E-state index in [2.05, 4.69) is 9.80 Å². The highest BCUT2D eigenvalue weighted by Gasteiger charge is 2.21. The fourth-order valence-electron chi connectivity index (χ4n) is 4.27. The van der Waals surface area contributed by atoms with Gasteiger partial charge in [0.25, 0.3) is 11.8 Å². The standard InChI is InChI=1S/C27H35Cl3N4O3/c1-4-34(5-2)26(35)19-37-25-17-21(28)7-8-22(25)27(36)31(3)10-11-32-12-14-33(15-13-32)18-20-6-9-23(29)24(30)16-20/h6-9,16-17H,4-5,10-15,18-19H2,1-3H3. The molecule has 2 aromatic rings. The van der Waals surface area contributed by atoms with E-state index in [1.54, 1.807) is 35.0 Å². The second kappa shape index (κ2) is 14.2. The van der Waals surface area contributed by atoms with Crippen LogP contribution in [0.25, 0.3) is 0 Å². The van der Waals surface area contributed by atoms with Crippen LogP contribution in [0, 0.1) is 0 Å². The minimum atomic E-state index is -0.166. The molecule has 1 aliphatic heterocycles. The van der Waals surface area contributed by atoms with Crippen molar-refractivity contribution in [3.05, 3.63) is 62.6 Å². The number of halogens is 3. The molecule has 0 saturated carbocycles. The summed E-state index contributed by atoms with van der Waals surface area (Å²) in [6.07, 6.45) is 0. The summed E-state index contributed by atoms with van der Waals surface area (Å²) in [5.74, 6) is 0.0241. The number of rotatable bonds is 11. The van der Waals surface area contributed by atoms with Crippen LogP contribution >= 0.6 is 34.8 Å². The number of carbonyl (C=O) groups excluding carboxylic acids is 2. The monoisotopic (exact) mass is 568 g/mol. The van der Waals surface area contributed by atoms with Gasteiger partial charge in [0.15, 0.2) is 6.61 Å². The van der Waals surface area contributed by atoms with Gasteiger partial charge >= 0.3 is 0 Å². The number of carbonyl (C=O) groups is 2. The van der Waals surface area contributed by atoms with Crippen LogP contribution in [0.15, 0.2) is 36.4 Å². The summed E-state index contributed by atoms with van der Waals surface area (Å²) in [6.45, 7) is 10.8. The first-order valence-electron chi connectivity index (χ1n) is 12.6. The van der Waals surface area contributed by atoms with Gasteiger partial charge in [-0.15, -0.1) is 0 Å². The molecule has 0 N–H and O–H groups in total. The van der Waals surface area contributed by atoms with Crippen LogP contribution < -0.4 is 4.74 Å². The third-order valence-electron chi connectivity index (χ3n) is 6.59. The highest BCUT2D eigenvalue weighted by atomic mass is 35.5. The van der Waals surface area contributed by atoms with Crippen LogP contribution in [0.2, 0.25) is 15.1 Å². The predicted octanol–water partition coefficient (Wildman–Crippen LogP) is 4.78. The van der Waals surface area contributed by atoms with Crippen LogP contribution in [-0.4, -0.2) is 97.4 Å². The smallest absolute Gasteiger partial charge is 0.260 e. The highest BCUT2D eigenvalue weighted by Crippen LogP contribution is 2.25. The van der Waals surface area contributed by atoms with Crippen molar-refractivity contribution in [2.24, 2.45) is 0 Å². The van der Waals surface area contributed by atoms with Crippen molar-refractivity contribution >= 4 is 46.6 Å². The number of ether oxygens (including phenoxy) is 1. The number of piperazine rings is 1. The maximum atomic E-state index is 13.2. The second-order valence-corrected chi connectivity index (χ2v) is 10.3. The van der Waals surface area contributed by atoms with Gasteiger partial charge in [0.1, 0.15) is 5.75 Å². The van der Waals surface area contributed by atoms with Crippen molar-refractivity contribution in [1.29, 1.82) is 0 Å². The summed E-state index contributed by atoms with van der Waals surface area (Å²) in [6, 6.07) is 10.7. The van der Waals surface area contributed by atoms with Crippen molar-refractivity contribution < 1.29 is 14.3 Å². The Morgan fingerprint density at radius 3 is 2.24 bits per heavy atom. The largest absolute Gasteiger partial charge is 0.483 e. The van der Waals surface area contributed by atoms with E-state index in [4.69, 9.17) is 39.5 Å². The molecule has 0 unspecified atom stereocenters. The van der Waals surface area contributed by atoms with Crippen LogP contribution in [-0.2, 0) is 11.3 Å². The van der Waals surface area contributed by atoms with Gasteiger partial charge < -0.3 is 14.5 Å². The SMILES string of the molecule is CCN(CC)C(=O)COc1cc(Cl)ccc1C(=O)N(C)CCN1CCN(Cc2ccc(Cl)c(Cl)c2)CC1. The molecule has 202 valence electrons. The van der Waals surface area contributed by atoms with Gasteiger partial charge in [0, 0.05) is 71.0 Å². The van der Waals surface area contributed by atoms with Crippen LogP contribution in [0.5, 0.6) is 5.75 Å². The zero-order valence-electron chi connectivity index (χ0n) is 21.7. The number of hydrogen-bond donors (Lipinski definition) is 0. The first-order valence-corrected chi connectivity index (χ1v) is 13.7. The van der Waals surface area contributed by atoms with Gasteiger partial charge in [0.05, 0.1) is 15.6 Å². The Morgan fingerprint density at radius 1 is 0.919 bits per heavy atom. The minimum Gasteiger partial charge on any atom is -0.483 e. The van der Waals surface area contributed by atoms with Gasteiger partial charge in [-0.1, -0.05) is 40.9 Å². The number of likely N-dealkylation sites (N-methyl/N-ethyl adjacent to an activating group) is 2. The van der Waals surface area contributed by atoms with Crippen molar-refractivity contribution in [3.8, 4) is 5.75 Å². The summed E-state index contributed by atoms with van der Waals surface area (Å²) < 4.78 is 5.75. The fraction of sp³-hybridized carbons (Fsp3) is 0.481. The van der Waals surface area contributed by atoms with Crippen molar-refractivity contribution in [1.82, 2.24) is 19.6 Å². The average Bonchev–Trinajstić information content (AvgIpc) is 2.89. The Kier molecular flexibility index (Phi) is 11.3. The van der Waals surface area contributed by atoms with Gasteiger partial charge in [-0.25, -0.2) is 0 Å². The summed E-state index contributed by atoms with van der Waals surface area (Å²) >= 11 is 18.3. The molecular weight excluding hydrogens is 535 g/mol. The van der Waals surface area contributed by atoms with E-state index in [-0.39, 0.29) is 18.4 Å². The number of amides is 2. The molecule has 1 saturated heterocycles. The maximum Gasteiger partial charge on any atom is 0.260 e. The van der Waals surface area contributed by atoms with Crippen LogP contribution in [0.3, 0.4) is 0 Å². The number of hydrogen-bond acceptors (Lipinski definition) is 5. The topological polar surface area (TPSA) is 56.3 Å². The quantitative estimate of drug-likeness (QED) is 0.390. The fourth-order valence-corrected chi connectivity index (χ4v) is 4.75. The molecule has 0 bridgehead atoms. The Bertz CT molecular complexity index is 1070. The summed E-state index contributed by atoms with van der Waals surface area (Å²) in [7, 11) is 1.78. The molecule has 0 aromatic heterocycles. The van der Waals surface area contributed by atoms with E-state index in [1.165, 1.54) is 0 Å². The Labute approximate surface area is 234 Å². The predicted molar refractivity (Wildman–Crippen MR) is 150 cm³/mol. The van der Waals surface area contributed by atoms with Crippen molar-refractivity contribution in [3.63, 3.8) is 0 Å². The molecule has 7 nitrogen and oxygen atoms in total. The Hall–Kier alpha value is -2.03. The molecule has 0 atom stereocenters. The summed E-state index contributed by atoms with van der Waals surface area (Å²) in [4.78, 5) is 33.7. The first kappa shape index (κ1) is 29.5. The van der Waals surface area contributed by atoms with E-state index in [1.807, 2.05) is 32.0 Å². The number of benzene rings is 2. The van der Waals surface area contributed by atoms with E-state index < -0.39 is 0 Å². The second-order valence-electron chi connectivity index (χ2n) is 9.09. The molecule has 0 radical (unpaired) electrons. The zero-order chi connectivity index (χ0) is 26.9. The third kappa shape index (κ3) is 8.48. The lowest BCUT2D eigenvalue weighted by molar-refractivity contribution is -0.132. The lowest BCUT2D eigenvalue weighted by atomic mass is 10.1. The maximum absolute atomic E-state index is 13.2. The molecule has 2 aromatic carbocycles. The van der Waals surface area contributed by atoms with Gasteiger partial charge in [-0.05, 0) is 49.7 Å². The normalized spacial score (nSPS) is 14.4. The molecular formula is C27H35Cl3N4O3. The third-order valence-corrected chi connectivity index (χ3v) is 7.57. The molecule has 37 heavy (non-hydrogen) atoms. The minimum absolute atomic E-state index is 0.130. The zero-order valence-corrected chi connectivity index (χ0v) is 24.0. The van der Waals surface area contributed by atoms with Crippen LogP contribution in [0.1, 0.15) is 29.8 Å². The molecule has 1 fully saturated rings. The summed E-state index contributed by atoms with van der Waals surface area (Å²) in [5, 5.41) is 1.60. The lowest BCUT2D eigenvalue weighted by Crippen LogP contribution is -2.48. The van der Waals surface area contributed by atoms with Gasteiger partial charge in [-0.2, -0.15) is 0 Å². The Morgan fingerprint density at radius 2 is 1.59 bits per heavy atom. The van der Waals surface area contributed by atoms with E-state index in [0.29, 0.717) is 46.0 Å².